The van der Waals surface area contributed by atoms with Gasteiger partial charge in [0.2, 0.25) is 5.82 Å². The molecule has 0 aliphatic rings. The molecule has 0 radical (unpaired) electrons. The smallest absolute Gasteiger partial charge is 0.344 e. The predicted octanol–water partition coefficient (Wildman–Crippen LogP) is 5.21. The first-order valence-corrected chi connectivity index (χ1v) is 11.6. The van der Waals surface area contributed by atoms with Gasteiger partial charge >= 0.3 is 5.97 Å². The van der Waals surface area contributed by atoms with Gasteiger partial charge in [-0.25, -0.2) is 9.78 Å². The first-order chi connectivity index (χ1) is 17.9. The van der Waals surface area contributed by atoms with Crippen LogP contribution in [0.3, 0.4) is 0 Å². The maximum absolute atomic E-state index is 13.4. The Morgan fingerprint density at radius 1 is 1.16 bits per heavy atom. The minimum Gasteiger partial charge on any atom is -0.493 e. The van der Waals surface area contributed by atoms with Gasteiger partial charge in [0, 0.05) is 5.39 Å². The van der Waals surface area contributed by atoms with Gasteiger partial charge in [-0.3, -0.25) is 4.79 Å². The minimum absolute atomic E-state index is 0.0868. The summed E-state index contributed by atoms with van der Waals surface area (Å²) in [4.78, 5) is 29.3. The van der Waals surface area contributed by atoms with Gasteiger partial charge in [0.1, 0.15) is 5.58 Å². The number of hydrogen-bond donors (Lipinski definition) is 1. The Bertz CT molecular complexity index is 1710. The normalized spacial score (nSPS) is 12.3. The molecule has 5 rings (SSSR count). The second-order valence-electron chi connectivity index (χ2n) is 8.09. The number of furan rings is 1. The monoisotopic (exact) mass is 517 g/mol. The summed E-state index contributed by atoms with van der Waals surface area (Å²) in [7, 11) is 1.41. The van der Waals surface area contributed by atoms with E-state index in [4.69, 9.17) is 30.6 Å². The van der Waals surface area contributed by atoms with Crippen LogP contribution in [0.25, 0.3) is 33.5 Å². The van der Waals surface area contributed by atoms with Crippen molar-refractivity contribution in [2.75, 3.05) is 7.11 Å². The zero-order valence-electron chi connectivity index (χ0n) is 19.7. The molecule has 0 bridgehead atoms. The summed E-state index contributed by atoms with van der Waals surface area (Å²) < 4.78 is 17.9. The number of carbonyl (C=O) groups is 1. The molecule has 1 atom stereocenters. The summed E-state index contributed by atoms with van der Waals surface area (Å²) >= 11 is 6.37. The van der Waals surface area contributed by atoms with Crippen LogP contribution in [0.5, 0.6) is 11.5 Å². The molecule has 0 unspecified atom stereocenters. The molecule has 10 heteroatoms. The van der Waals surface area contributed by atoms with Gasteiger partial charge < -0.3 is 19.0 Å². The van der Waals surface area contributed by atoms with Crippen molar-refractivity contribution in [3.8, 4) is 23.1 Å². The fourth-order valence-corrected chi connectivity index (χ4v) is 4.03. The molecule has 1 N–H and O–H groups in total. The van der Waals surface area contributed by atoms with Crippen LogP contribution in [-0.2, 0) is 4.79 Å². The average molecular weight is 518 g/mol. The fraction of sp³-hybridized carbons (Fsp3) is 0.111. The molecular weight excluding hydrogens is 498 g/mol. The van der Waals surface area contributed by atoms with Crippen molar-refractivity contribution in [1.82, 2.24) is 9.66 Å². The number of aromatic nitrogens is 2. The van der Waals surface area contributed by atoms with E-state index in [0.29, 0.717) is 27.8 Å². The molecule has 0 amide bonds. The second-order valence-corrected chi connectivity index (χ2v) is 8.50. The molecule has 9 nitrogen and oxygen atoms in total. The molecule has 2 heterocycles. The lowest BCUT2D eigenvalue weighted by Crippen LogP contribution is -2.23. The number of methoxy groups -OCH3 is 1. The molecule has 0 saturated heterocycles. The zero-order chi connectivity index (χ0) is 26.1. The summed E-state index contributed by atoms with van der Waals surface area (Å²) in [5, 5.41) is 14.9. The highest BCUT2D eigenvalue weighted by molar-refractivity contribution is 6.32. The lowest BCUT2D eigenvalue weighted by atomic mass is 10.2. The van der Waals surface area contributed by atoms with Gasteiger partial charge in [-0.2, -0.15) is 9.78 Å². The van der Waals surface area contributed by atoms with E-state index in [9.17, 15) is 9.59 Å². The Balaban J connectivity index is 1.62. The molecule has 0 saturated carbocycles. The van der Waals surface area contributed by atoms with Crippen LogP contribution in [0.2, 0.25) is 5.02 Å². The molecule has 0 aliphatic heterocycles. The summed E-state index contributed by atoms with van der Waals surface area (Å²) in [6.45, 7) is 1.38. The molecule has 37 heavy (non-hydrogen) atoms. The number of carboxylic acids is 1. The lowest BCUT2D eigenvalue weighted by molar-refractivity contribution is -0.144. The van der Waals surface area contributed by atoms with E-state index in [2.05, 4.69) is 10.1 Å². The number of fused-ring (bicyclic) bond motifs is 2. The number of halogens is 1. The molecule has 5 aromatic rings. The van der Waals surface area contributed by atoms with Gasteiger partial charge in [-0.1, -0.05) is 41.9 Å². The topological polar surface area (TPSA) is 116 Å². The fourth-order valence-electron chi connectivity index (χ4n) is 3.76. The van der Waals surface area contributed by atoms with Crippen molar-refractivity contribution in [2.45, 2.75) is 13.0 Å². The van der Waals surface area contributed by atoms with Crippen LogP contribution in [0.1, 0.15) is 12.5 Å². The number of aliphatic carboxylic acids is 1. The van der Waals surface area contributed by atoms with Crippen LogP contribution in [0.4, 0.5) is 0 Å². The van der Waals surface area contributed by atoms with E-state index >= 15 is 0 Å². The third kappa shape index (κ3) is 4.64. The summed E-state index contributed by atoms with van der Waals surface area (Å²) in [5.41, 5.74) is 1.25. The van der Waals surface area contributed by atoms with E-state index in [-0.39, 0.29) is 27.9 Å². The number of rotatable bonds is 7. The van der Waals surface area contributed by atoms with Gasteiger partial charge in [0.05, 0.1) is 29.2 Å². The van der Waals surface area contributed by atoms with Gasteiger partial charge in [-0.05, 0) is 48.9 Å². The number of benzene rings is 3. The molecule has 0 aliphatic carbocycles. The van der Waals surface area contributed by atoms with E-state index in [1.807, 2.05) is 24.3 Å². The van der Waals surface area contributed by atoms with E-state index in [0.717, 1.165) is 10.1 Å². The van der Waals surface area contributed by atoms with Gasteiger partial charge in [0.25, 0.3) is 5.56 Å². The Labute approximate surface area is 215 Å². The Kier molecular flexibility index (Phi) is 6.37. The Morgan fingerprint density at radius 3 is 2.68 bits per heavy atom. The highest BCUT2D eigenvalue weighted by atomic mass is 35.5. The maximum Gasteiger partial charge on any atom is 0.344 e. The van der Waals surface area contributed by atoms with Crippen molar-refractivity contribution in [2.24, 2.45) is 5.10 Å². The number of ether oxygens (including phenoxy) is 2. The summed E-state index contributed by atoms with van der Waals surface area (Å²) in [6, 6.07) is 19.3. The van der Waals surface area contributed by atoms with Crippen LogP contribution in [0, 0.1) is 0 Å². The SMILES string of the molecule is COc1cc(C=Nn2c(-c3cc4ccccc4o3)nc3ccccc3c2=O)cc(Cl)c1O[C@@H](C)C(=O)O. The van der Waals surface area contributed by atoms with Gasteiger partial charge in [0.15, 0.2) is 23.4 Å². The summed E-state index contributed by atoms with van der Waals surface area (Å²) in [6.07, 6.45) is 0.280. The predicted molar refractivity (Wildman–Crippen MR) is 140 cm³/mol. The Morgan fingerprint density at radius 2 is 1.92 bits per heavy atom. The lowest BCUT2D eigenvalue weighted by Gasteiger charge is -2.15. The van der Waals surface area contributed by atoms with Crippen LogP contribution < -0.4 is 15.0 Å². The maximum atomic E-state index is 13.4. The average Bonchev–Trinajstić information content (AvgIpc) is 3.33. The Hall–Kier alpha value is -4.63. The standard InChI is InChI=1S/C27H20ClN3O6/c1-15(27(33)34)36-24-19(28)11-16(12-22(24)35-2)14-29-31-25(23-13-17-7-3-6-10-21(17)37-23)30-20-9-5-4-8-18(20)26(31)32/h3-15H,1-2H3,(H,33,34)/t15-/m0/s1. The minimum atomic E-state index is -1.15. The quantitative estimate of drug-likeness (QED) is 0.295. The van der Waals surface area contributed by atoms with Crippen molar-refractivity contribution in [3.05, 3.63) is 87.7 Å². The van der Waals surface area contributed by atoms with Crippen LogP contribution in [0.15, 0.2) is 81.0 Å². The van der Waals surface area contributed by atoms with E-state index in [1.165, 1.54) is 26.3 Å². The second kappa shape index (κ2) is 9.79. The van der Waals surface area contributed by atoms with Crippen LogP contribution >= 0.6 is 11.6 Å². The molecule has 186 valence electrons. The third-order valence-corrected chi connectivity index (χ3v) is 5.90. The molecule has 0 spiro atoms. The van der Waals surface area contributed by atoms with E-state index < -0.39 is 12.1 Å². The van der Waals surface area contributed by atoms with Crippen LogP contribution in [-0.4, -0.2) is 40.2 Å². The highest BCUT2D eigenvalue weighted by Crippen LogP contribution is 2.37. The largest absolute Gasteiger partial charge is 0.493 e. The molecular formula is C27H20ClN3O6. The summed E-state index contributed by atoms with van der Waals surface area (Å²) in [5.74, 6) is -0.245. The van der Waals surface area contributed by atoms with Crippen molar-refractivity contribution in [1.29, 1.82) is 0 Å². The highest BCUT2D eigenvalue weighted by Gasteiger charge is 2.20. The van der Waals surface area contributed by atoms with Gasteiger partial charge in [-0.15, -0.1) is 0 Å². The van der Waals surface area contributed by atoms with Crippen molar-refractivity contribution in [3.63, 3.8) is 0 Å². The number of carboxylic acid groups (broad SMARTS) is 1. The molecule has 0 fully saturated rings. The number of para-hydroxylation sites is 2. The first-order valence-electron chi connectivity index (χ1n) is 11.2. The molecule has 2 aromatic heterocycles. The van der Waals surface area contributed by atoms with Crippen molar-refractivity contribution >= 4 is 45.7 Å². The zero-order valence-corrected chi connectivity index (χ0v) is 20.5. The number of nitrogens with zero attached hydrogens (tertiary/aromatic N) is 3. The van der Waals surface area contributed by atoms with Crippen molar-refractivity contribution < 1.29 is 23.8 Å². The first kappa shape index (κ1) is 24.1. The number of hydrogen-bond acceptors (Lipinski definition) is 7. The van der Waals surface area contributed by atoms with E-state index in [1.54, 1.807) is 36.4 Å². The third-order valence-electron chi connectivity index (χ3n) is 5.62. The molecule has 3 aromatic carbocycles.